The molecule has 132 valence electrons. The molecule has 0 spiro atoms. The lowest BCUT2D eigenvalue weighted by atomic mass is 10.1. The highest BCUT2D eigenvalue weighted by Crippen LogP contribution is 2.27. The van der Waals surface area contributed by atoms with Gasteiger partial charge < -0.3 is 9.80 Å². The summed E-state index contributed by atoms with van der Waals surface area (Å²) in [5.41, 5.74) is 4.07. The van der Waals surface area contributed by atoms with E-state index in [4.69, 9.17) is 4.98 Å². The Balaban J connectivity index is 1.42. The van der Waals surface area contributed by atoms with Crippen molar-refractivity contribution in [3.63, 3.8) is 0 Å². The van der Waals surface area contributed by atoms with Crippen molar-refractivity contribution < 1.29 is 4.79 Å². The zero-order valence-corrected chi connectivity index (χ0v) is 14.8. The van der Waals surface area contributed by atoms with Crippen LogP contribution in [-0.2, 0) is 24.1 Å². The summed E-state index contributed by atoms with van der Waals surface area (Å²) in [6, 6.07) is 14.2. The first-order valence-electron chi connectivity index (χ1n) is 9.24. The number of nitriles is 1. The summed E-state index contributed by atoms with van der Waals surface area (Å²) in [5.74, 6) is 0.960. The summed E-state index contributed by atoms with van der Waals surface area (Å²) in [4.78, 5) is 21.4. The Labute approximate surface area is 153 Å². The van der Waals surface area contributed by atoms with E-state index in [9.17, 15) is 10.1 Å². The maximum Gasteiger partial charge on any atom is 0.227 e. The summed E-state index contributed by atoms with van der Waals surface area (Å²) >= 11 is 0. The van der Waals surface area contributed by atoms with E-state index in [0.717, 1.165) is 49.4 Å². The molecule has 2 heterocycles. The van der Waals surface area contributed by atoms with Gasteiger partial charge in [0.05, 0.1) is 12.0 Å². The number of amides is 1. The number of anilines is 1. The number of carbonyl (C=O) groups excluding carboxylic acids is 1. The molecule has 2 aromatic rings. The van der Waals surface area contributed by atoms with E-state index in [1.165, 1.54) is 5.56 Å². The molecule has 0 bridgehead atoms. The number of nitrogens with zero attached hydrogens (tertiary/aromatic N) is 4. The summed E-state index contributed by atoms with van der Waals surface area (Å²) in [7, 11) is 0. The fraction of sp³-hybridized carbons (Fsp3) is 0.381. The lowest BCUT2D eigenvalue weighted by molar-refractivity contribution is -0.130. The van der Waals surface area contributed by atoms with Gasteiger partial charge in [0.1, 0.15) is 11.9 Å². The van der Waals surface area contributed by atoms with Crippen LogP contribution in [0.25, 0.3) is 0 Å². The molecular formula is C21H22N4O. The zero-order chi connectivity index (χ0) is 17.9. The van der Waals surface area contributed by atoms with Gasteiger partial charge in [-0.25, -0.2) is 4.98 Å². The lowest BCUT2D eigenvalue weighted by Gasteiger charge is -2.36. The average Bonchev–Trinajstić information content (AvgIpc) is 3.15. The first-order chi connectivity index (χ1) is 12.7. The minimum Gasteiger partial charge on any atom is -0.352 e. The van der Waals surface area contributed by atoms with Crippen molar-refractivity contribution in [2.24, 2.45) is 0 Å². The van der Waals surface area contributed by atoms with Crippen molar-refractivity contribution in [2.45, 2.75) is 25.7 Å². The molecule has 5 heteroatoms. The number of aromatic nitrogens is 1. The second-order valence-electron chi connectivity index (χ2n) is 6.96. The monoisotopic (exact) mass is 346 g/mol. The maximum atomic E-state index is 12.5. The largest absolute Gasteiger partial charge is 0.352 e. The summed E-state index contributed by atoms with van der Waals surface area (Å²) in [5, 5.41) is 9.50. The van der Waals surface area contributed by atoms with Crippen molar-refractivity contribution in [3.05, 3.63) is 58.8 Å². The van der Waals surface area contributed by atoms with Crippen molar-refractivity contribution in [3.8, 4) is 6.07 Å². The predicted molar refractivity (Wildman–Crippen MR) is 99.9 cm³/mol. The molecule has 5 nitrogen and oxygen atoms in total. The number of piperazine rings is 1. The zero-order valence-electron chi connectivity index (χ0n) is 14.8. The van der Waals surface area contributed by atoms with Crippen LogP contribution in [0.3, 0.4) is 0 Å². The molecule has 1 aromatic heterocycles. The quantitative estimate of drug-likeness (QED) is 0.856. The lowest BCUT2D eigenvalue weighted by Crippen LogP contribution is -2.49. The Morgan fingerprint density at radius 3 is 2.62 bits per heavy atom. The first-order valence-corrected chi connectivity index (χ1v) is 9.24. The van der Waals surface area contributed by atoms with E-state index in [2.05, 4.69) is 11.0 Å². The highest BCUT2D eigenvalue weighted by Gasteiger charge is 2.25. The van der Waals surface area contributed by atoms with Gasteiger partial charge >= 0.3 is 0 Å². The van der Waals surface area contributed by atoms with Gasteiger partial charge in [-0.2, -0.15) is 5.26 Å². The van der Waals surface area contributed by atoms with Gasteiger partial charge in [-0.15, -0.1) is 0 Å². The molecule has 26 heavy (non-hydrogen) atoms. The molecule has 0 unspecified atom stereocenters. The van der Waals surface area contributed by atoms with E-state index in [-0.39, 0.29) is 5.91 Å². The number of pyridine rings is 1. The molecule has 1 fully saturated rings. The van der Waals surface area contributed by atoms with Gasteiger partial charge in [0.2, 0.25) is 5.91 Å². The summed E-state index contributed by atoms with van der Waals surface area (Å²) in [6.45, 7) is 2.80. The normalized spacial score (nSPS) is 16.3. The van der Waals surface area contributed by atoms with Gasteiger partial charge in [-0.05, 0) is 36.5 Å². The van der Waals surface area contributed by atoms with Crippen LogP contribution in [-0.4, -0.2) is 42.0 Å². The van der Waals surface area contributed by atoms with Crippen molar-refractivity contribution >= 4 is 11.7 Å². The standard InChI is InChI=1S/C21H22N4O/c22-15-18-14-17-7-4-8-19(17)23-21(18)25-11-9-24(10-12-25)20(26)13-16-5-2-1-3-6-16/h1-3,5-6,14H,4,7-13H2. The molecule has 0 atom stereocenters. The van der Waals surface area contributed by atoms with Crippen molar-refractivity contribution in [1.82, 2.24) is 9.88 Å². The van der Waals surface area contributed by atoms with Gasteiger partial charge in [0.25, 0.3) is 0 Å². The number of rotatable bonds is 3. The Hall–Kier alpha value is -2.87. The smallest absolute Gasteiger partial charge is 0.227 e. The second kappa shape index (κ2) is 7.17. The fourth-order valence-corrected chi connectivity index (χ4v) is 3.83. The van der Waals surface area contributed by atoms with Gasteiger partial charge in [0, 0.05) is 31.9 Å². The molecule has 1 aliphatic heterocycles. The minimum absolute atomic E-state index is 0.165. The number of aryl methyl sites for hydroxylation is 2. The SMILES string of the molecule is N#Cc1cc2c(nc1N1CCN(C(=O)Cc3ccccc3)CC1)CCC2. The third-order valence-electron chi connectivity index (χ3n) is 5.28. The van der Waals surface area contributed by atoms with E-state index in [1.54, 1.807) is 0 Å². The fourth-order valence-electron chi connectivity index (χ4n) is 3.83. The highest BCUT2D eigenvalue weighted by atomic mass is 16.2. The minimum atomic E-state index is 0.165. The van der Waals surface area contributed by atoms with Crippen LogP contribution in [0.4, 0.5) is 5.82 Å². The molecule has 1 aromatic carbocycles. The highest BCUT2D eigenvalue weighted by molar-refractivity contribution is 5.79. The Kier molecular flexibility index (Phi) is 4.57. The van der Waals surface area contributed by atoms with Crippen molar-refractivity contribution in [1.29, 1.82) is 5.26 Å². The molecule has 4 rings (SSSR count). The van der Waals surface area contributed by atoms with Crippen LogP contribution in [0, 0.1) is 11.3 Å². The molecule has 2 aliphatic rings. The summed E-state index contributed by atoms with van der Waals surface area (Å²) in [6.07, 6.45) is 3.60. The Bertz CT molecular complexity index is 848. The van der Waals surface area contributed by atoms with E-state index >= 15 is 0 Å². The summed E-state index contributed by atoms with van der Waals surface area (Å²) < 4.78 is 0. The number of carbonyl (C=O) groups is 1. The van der Waals surface area contributed by atoms with Crippen LogP contribution in [0.15, 0.2) is 36.4 Å². The number of hydrogen-bond donors (Lipinski definition) is 0. The van der Waals surface area contributed by atoms with Crippen LogP contribution in [0.1, 0.15) is 28.8 Å². The first kappa shape index (κ1) is 16.6. The molecule has 1 saturated heterocycles. The van der Waals surface area contributed by atoms with Crippen LogP contribution >= 0.6 is 0 Å². The molecule has 1 amide bonds. The molecule has 0 N–H and O–H groups in total. The maximum absolute atomic E-state index is 12.5. The topological polar surface area (TPSA) is 60.2 Å². The second-order valence-corrected chi connectivity index (χ2v) is 6.96. The Morgan fingerprint density at radius 1 is 1.12 bits per heavy atom. The third-order valence-corrected chi connectivity index (χ3v) is 5.28. The van der Waals surface area contributed by atoms with Gasteiger partial charge in [-0.3, -0.25) is 4.79 Å². The molecular weight excluding hydrogens is 324 g/mol. The number of benzene rings is 1. The average molecular weight is 346 g/mol. The van der Waals surface area contributed by atoms with Crippen molar-refractivity contribution in [2.75, 3.05) is 31.1 Å². The van der Waals surface area contributed by atoms with Gasteiger partial charge in [-0.1, -0.05) is 30.3 Å². The molecule has 0 radical (unpaired) electrons. The van der Waals surface area contributed by atoms with E-state index < -0.39 is 0 Å². The number of fused-ring (bicyclic) bond motifs is 1. The van der Waals surface area contributed by atoms with E-state index in [1.807, 2.05) is 41.3 Å². The van der Waals surface area contributed by atoms with E-state index in [0.29, 0.717) is 25.1 Å². The van der Waals surface area contributed by atoms with Crippen LogP contribution in [0.5, 0.6) is 0 Å². The third kappa shape index (κ3) is 3.28. The number of hydrogen-bond acceptors (Lipinski definition) is 4. The van der Waals surface area contributed by atoms with Crippen LogP contribution < -0.4 is 4.90 Å². The molecule has 0 saturated carbocycles. The van der Waals surface area contributed by atoms with Gasteiger partial charge in [0.15, 0.2) is 0 Å². The Morgan fingerprint density at radius 2 is 1.88 bits per heavy atom. The van der Waals surface area contributed by atoms with Crippen LogP contribution in [0.2, 0.25) is 0 Å². The predicted octanol–water partition coefficient (Wildman–Crippen LogP) is 2.33. The molecule has 1 aliphatic carbocycles.